The number of hydrogen-bond donors (Lipinski definition) is 1. The predicted octanol–water partition coefficient (Wildman–Crippen LogP) is 6.54. The van der Waals surface area contributed by atoms with Gasteiger partial charge in [0.15, 0.2) is 5.78 Å². The zero-order valence-electron chi connectivity index (χ0n) is 22.9. The van der Waals surface area contributed by atoms with Crippen LogP contribution in [-0.2, 0) is 21.4 Å². The maximum absolute atomic E-state index is 13.3. The molecule has 39 heavy (non-hydrogen) atoms. The molecule has 218 valence electrons. The number of ketones is 1. The molecule has 0 spiro atoms. The van der Waals surface area contributed by atoms with Crippen LogP contribution in [0.15, 0.2) is 23.2 Å². The number of nitrogens with one attached hydrogen (secondary N) is 1. The van der Waals surface area contributed by atoms with E-state index in [4.69, 9.17) is 28.2 Å². The van der Waals surface area contributed by atoms with Gasteiger partial charge in [0.25, 0.3) is 0 Å². The molecule has 0 saturated heterocycles. The molecule has 3 fully saturated rings. The molecule has 0 aromatic heterocycles. The fourth-order valence-corrected chi connectivity index (χ4v) is 8.32. The van der Waals surface area contributed by atoms with Gasteiger partial charge in [-0.05, 0) is 63.6 Å². The van der Waals surface area contributed by atoms with Gasteiger partial charge in [0.1, 0.15) is 11.9 Å². The summed E-state index contributed by atoms with van der Waals surface area (Å²) in [5, 5.41) is 4.11. The summed E-state index contributed by atoms with van der Waals surface area (Å²) in [6.07, 6.45) is -2.75. The van der Waals surface area contributed by atoms with Crippen molar-refractivity contribution >= 4 is 44.8 Å². The van der Waals surface area contributed by atoms with Crippen LogP contribution in [0.25, 0.3) is 0 Å². The fraction of sp³-hybridized carbons (Fsp3) is 0.704. The van der Waals surface area contributed by atoms with E-state index in [9.17, 15) is 26.4 Å². The van der Waals surface area contributed by atoms with E-state index in [1.54, 1.807) is 22.5 Å². The SMILES string of the molecule is CCCS(=O)(=O)N(Cc1ccc(Cl)c(Cl)c1)C12CC(C3=N[C@@H](C(=O)CCC(C)(C)C(F)(F)F)C(C)(C)N3)(C1)C2. The molecule has 0 amide bonds. The zero-order chi connectivity index (χ0) is 29.2. The number of Topliss-reactive ketones (excluding diaryl/α,β-unsaturated/α-hetero) is 1. The molecule has 4 aliphatic rings. The Morgan fingerprint density at radius 2 is 1.77 bits per heavy atom. The number of benzene rings is 1. The second-order valence-corrected chi connectivity index (χ2v) is 15.5. The zero-order valence-corrected chi connectivity index (χ0v) is 25.2. The van der Waals surface area contributed by atoms with Crippen molar-refractivity contribution in [3.63, 3.8) is 0 Å². The summed E-state index contributed by atoms with van der Waals surface area (Å²) in [5.74, 6) is 0.359. The van der Waals surface area contributed by atoms with Crippen molar-refractivity contribution in [2.24, 2.45) is 15.8 Å². The minimum Gasteiger partial charge on any atom is -0.366 e. The summed E-state index contributed by atoms with van der Waals surface area (Å²) >= 11 is 12.2. The van der Waals surface area contributed by atoms with Crippen LogP contribution in [0.2, 0.25) is 10.0 Å². The minimum atomic E-state index is -4.40. The monoisotopic (exact) mass is 609 g/mol. The lowest BCUT2D eigenvalue weighted by atomic mass is 9.38. The third-order valence-corrected chi connectivity index (χ3v) is 11.4. The molecule has 1 aromatic rings. The van der Waals surface area contributed by atoms with E-state index in [1.807, 2.05) is 20.8 Å². The molecule has 1 aliphatic heterocycles. The Hall–Kier alpha value is -1.36. The van der Waals surface area contributed by atoms with E-state index in [-0.39, 0.29) is 36.3 Å². The number of sulfonamides is 1. The highest BCUT2D eigenvalue weighted by Crippen LogP contribution is 2.71. The van der Waals surface area contributed by atoms with Crippen LogP contribution < -0.4 is 5.32 Å². The fourth-order valence-electron chi connectivity index (χ4n) is 6.14. The summed E-state index contributed by atoms with van der Waals surface area (Å²) in [7, 11) is -3.55. The highest BCUT2D eigenvalue weighted by Gasteiger charge is 2.75. The Balaban J connectivity index is 1.50. The Kier molecular flexibility index (Phi) is 7.75. The van der Waals surface area contributed by atoms with Crippen LogP contribution in [0.1, 0.15) is 78.7 Å². The Labute approximate surface area is 238 Å². The smallest absolute Gasteiger partial charge is 0.366 e. The summed E-state index contributed by atoms with van der Waals surface area (Å²) in [5.41, 5.74) is -2.88. The number of halogens is 5. The van der Waals surface area contributed by atoms with Crippen LogP contribution in [0.3, 0.4) is 0 Å². The second kappa shape index (κ2) is 9.88. The molecule has 2 bridgehead atoms. The lowest BCUT2D eigenvalue weighted by Crippen LogP contribution is -2.78. The number of alkyl halides is 3. The van der Waals surface area contributed by atoms with Crippen LogP contribution in [0, 0.1) is 10.8 Å². The molecule has 6 nitrogen and oxygen atoms in total. The van der Waals surface area contributed by atoms with Gasteiger partial charge in [0.2, 0.25) is 10.0 Å². The van der Waals surface area contributed by atoms with E-state index in [0.29, 0.717) is 41.6 Å². The Morgan fingerprint density at radius 3 is 2.31 bits per heavy atom. The van der Waals surface area contributed by atoms with E-state index < -0.39 is 38.7 Å². The molecule has 0 unspecified atom stereocenters. The summed E-state index contributed by atoms with van der Waals surface area (Å²) < 4.78 is 68.1. The van der Waals surface area contributed by atoms with E-state index in [0.717, 1.165) is 19.4 Å². The van der Waals surface area contributed by atoms with Gasteiger partial charge in [0.05, 0.1) is 26.8 Å². The van der Waals surface area contributed by atoms with E-state index in [2.05, 4.69) is 5.32 Å². The first-order valence-electron chi connectivity index (χ1n) is 13.2. The van der Waals surface area contributed by atoms with Gasteiger partial charge >= 0.3 is 6.18 Å². The van der Waals surface area contributed by atoms with Crippen molar-refractivity contribution in [2.45, 2.75) is 103 Å². The first kappa shape index (κ1) is 30.6. The molecule has 1 atom stereocenters. The minimum absolute atomic E-state index is 0.0279. The normalized spacial score (nSPS) is 28.0. The van der Waals surface area contributed by atoms with Crippen molar-refractivity contribution in [3.8, 4) is 0 Å². The van der Waals surface area contributed by atoms with Crippen molar-refractivity contribution in [1.29, 1.82) is 0 Å². The number of hydrogen-bond acceptors (Lipinski definition) is 5. The summed E-state index contributed by atoms with van der Waals surface area (Å²) in [4.78, 5) is 17.7. The van der Waals surface area contributed by atoms with Gasteiger partial charge < -0.3 is 5.32 Å². The Morgan fingerprint density at radius 1 is 1.15 bits per heavy atom. The first-order valence-corrected chi connectivity index (χ1v) is 15.5. The highest BCUT2D eigenvalue weighted by molar-refractivity contribution is 7.89. The third kappa shape index (κ3) is 5.47. The largest absolute Gasteiger partial charge is 0.393 e. The van der Waals surface area contributed by atoms with Crippen LogP contribution >= 0.6 is 23.2 Å². The molecular weight excluding hydrogens is 574 g/mol. The van der Waals surface area contributed by atoms with Gasteiger partial charge in [-0.25, -0.2) is 8.42 Å². The molecular formula is C27H36Cl2F3N3O3S. The van der Waals surface area contributed by atoms with Crippen LogP contribution in [0.4, 0.5) is 13.2 Å². The molecule has 1 N–H and O–H groups in total. The number of rotatable bonds is 11. The number of aliphatic imine (C=N–C) groups is 1. The molecule has 1 heterocycles. The average Bonchev–Trinajstić information content (AvgIpc) is 3.06. The topological polar surface area (TPSA) is 78.8 Å². The van der Waals surface area contributed by atoms with Crippen molar-refractivity contribution in [2.75, 3.05) is 5.75 Å². The molecule has 3 saturated carbocycles. The molecule has 5 rings (SSSR count). The van der Waals surface area contributed by atoms with Crippen LogP contribution in [0.5, 0.6) is 0 Å². The maximum atomic E-state index is 13.3. The van der Waals surface area contributed by atoms with Gasteiger partial charge in [-0.1, -0.05) is 50.0 Å². The van der Waals surface area contributed by atoms with Crippen molar-refractivity contribution < 1.29 is 26.4 Å². The van der Waals surface area contributed by atoms with Crippen molar-refractivity contribution in [1.82, 2.24) is 9.62 Å². The molecule has 12 heteroatoms. The quantitative estimate of drug-likeness (QED) is 0.309. The third-order valence-electron chi connectivity index (χ3n) is 8.59. The number of amidine groups is 1. The summed E-state index contributed by atoms with van der Waals surface area (Å²) in [6, 6.07) is 4.31. The molecule has 1 aromatic carbocycles. The molecule has 3 aliphatic carbocycles. The standard InChI is InChI=1S/C27H36Cl2F3N3O3S/c1-6-11-39(37,38)35(13-17-7-8-18(28)19(29)12-17)26-14-25(15-26,16-26)22-33-21(24(4,5)34-22)20(36)9-10-23(2,3)27(30,31)32/h7-8,12,21H,6,9-11,13-16H2,1-5H3,(H,33,34)/t21-,25?,26?/m0/s1. The van der Waals surface area contributed by atoms with E-state index in [1.165, 1.54) is 0 Å². The molecule has 0 radical (unpaired) electrons. The summed E-state index contributed by atoms with van der Waals surface area (Å²) in [6.45, 7) is 7.85. The second-order valence-electron chi connectivity index (χ2n) is 12.7. The van der Waals surface area contributed by atoms with Gasteiger partial charge in [0, 0.05) is 23.9 Å². The van der Waals surface area contributed by atoms with Crippen LogP contribution in [-0.4, -0.2) is 53.4 Å². The lowest BCUT2D eigenvalue weighted by Gasteiger charge is -2.73. The number of carbonyl (C=O) groups excluding carboxylic acids is 1. The maximum Gasteiger partial charge on any atom is 0.393 e. The number of carbonyl (C=O) groups is 1. The van der Waals surface area contributed by atoms with E-state index >= 15 is 0 Å². The highest BCUT2D eigenvalue weighted by atomic mass is 35.5. The van der Waals surface area contributed by atoms with Crippen molar-refractivity contribution in [3.05, 3.63) is 33.8 Å². The predicted molar refractivity (Wildman–Crippen MR) is 148 cm³/mol. The average molecular weight is 611 g/mol. The van der Waals surface area contributed by atoms with Gasteiger partial charge in [-0.15, -0.1) is 0 Å². The number of nitrogens with zero attached hydrogens (tertiary/aromatic N) is 2. The first-order chi connectivity index (χ1) is 17.8. The van der Waals surface area contributed by atoms with Gasteiger partial charge in [-0.3, -0.25) is 9.79 Å². The Bertz CT molecular complexity index is 1270. The lowest BCUT2D eigenvalue weighted by molar-refractivity contribution is -0.213. The van der Waals surface area contributed by atoms with Gasteiger partial charge in [-0.2, -0.15) is 17.5 Å².